The zero-order chi connectivity index (χ0) is 21.8. The first-order valence-electron chi connectivity index (χ1n) is 9.75. The third kappa shape index (κ3) is 4.52. The number of aryl methyl sites for hydroxylation is 1. The van der Waals surface area contributed by atoms with Crippen molar-refractivity contribution < 1.29 is 19.4 Å². The Morgan fingerprint density at radius 3 is 2.47 bits per heavy atom. The molecule has 0 aliphatic carbocycles. The molecule has 0 bridgehead atoms. The number of carbonyl (C=O) groups is 1. The van der Waals surface area contributed by atoms with Gasteiger partial charge in [-0.15, -0.1) is 11.3 Å². The summed E-state index contributed by atoms with van der Waals surface area (Å²) >= 11 is 1.62. The van der Waals surface area contributed by atoms with E-state index in [1.165, 1.54) is 0 Å². The van der Waals surface area contributed by atoms with E-state index in [4.69, 9.17) is 9.47 Å². The van der Waals surface area contributed by atoms with E-state index in [1.54, 1.807) is 37.4 Å². The third-order valence-corrected chi connectivity index (χ3v) is 6.02. The molecular formula is C23H28N2O4S. The number of hydrogen-bond acceptors (Lipinski definition) is 5. The number of nitrogens with one attached hydrogen (secondary N) is 1. The predicted octanol–water partition coefficient (Wildman–Crippen LogP) is 4.61. The number of aliphatic hydroxyl groups is 1. The number of aromatic amines is 1. The fraction of sp³-hybridized carbons (Fsp3) is 0.348. The van der Waals surface area contributed by atoms with E-state index in [0.717, 1.165) is 27.3 Å². The zero-order valence-corrected chi connectivity index (χ0v) is 18.8. The van der Waals surface area contributed by atoms with Crippen LogP contribution in [0.25, 0.3) is 0 Å². The summed E-state index contributed by atoms with van der Waals surface area (Å²) < 4.78 is 10.7. The minimum atomic E-state index is -0.639. The van der Waals surface area contributed by atoms with Crippen LogP contribution in [0.3, 0.4) is 0 Å². The third-order valence-electron chi connectivity index (χ3n) is 5.16. The largest absolute Gasteiger partial charge is 0.493 e. The van der Waals surface area contributed by atoms with Crippen LogP contribution in [0.4, 0.5) is 0 Å². The van der Waals surface area contributed by atoms with Gasteiger partial charge in [0.25, 0.3) is 5.91 Å². The maximum atomic E-state index is 13.5. The van der Waals surface area contributed by atoms with Crippen molar-refractivity contribution in [3.05, 3.63) is 68.7 Å². The van der Waals surface area contributed by atoms with Crippen LogP contribution in [0, 0.1) is 13.8 Å². The average Bonchev–Trinajstić information content (AvgIpc) is 3.33. The molecule has 0 saturated carbocycles. The summed E-state index contributed by atoms with van der Waals surface area (Å²) in [4.78, 5) is 19.6. The van der Waals surface area contributed by atoms with Crippen LogP contribution in [-0.4, -0.2) is 35.1 Å². The SMILES string of the molecule is COc1ccc(CN(Cc2cccs2)C(=O)c2[nH]c(C)c(C(C)O)c2C)cc1OC. The minimum Gasteiger partial charge on any atom is -0.493 e. The number of H-pyrrole nitrogens is 1. The molecule has 7 heteroatoms. The Morgan fingerprint density at radius 2 is 1.90 bits per heavy atom. The fourth-order valence-electron chi connectivity index (χ4n) is 3.75. The lowest BCUT2D eigenvalue weighted by molar-refractivity contribution is 0.0725. The fourth-order valence-corrected chi connectivity index (χ4v) is 4.47. The molecule has 2 aromatic heterocycles. The van der Waals surface area contributed by atoms with Gasteiger partial charge in [-0.3, -0.25) is 4.79 Å². The Bertz CT molecular complexity index is 1010. The highest BCUT2D eigenvalue weighted by Gasteiger charge is 2.25. The van der Waals surface area contributed by atoms with Crippen molar-refractivity contribution in [3.63, 3.8) is 0 Å². The molecule has 0 aliphatic rings. The first-order valence-corrected chi connectivity index (χ1v) is 10.6. The lowest BCUT2D eigenvalue weighted by atomic mass is 10.1. The molecule has 6 nitrogen and oxygen atoms in total. The number of ether oxygens (including phenoxy) is 2. The molecule has 0 spiro atoms. The lowest BCUT2D eigenvalue weighted by Crippen LogP contribution is -2.30. The molecule has 3 rings (SSSR count). The first-order chi connectivity index (χ1) is 14.3. The van der Waals surface area contributed by atoms with Gasteiger partial charge >= 0.3 is 0 Å². The van der Waals surface area contributed by atoms with E-state index in [2.05, 4.69) is 4.98 Å². The van der Waals surface area contributed by atoms with Crippen LogP contribution in [-0.2, 0) is 13.1 Å². The summed E-state index contributed by atoms with van der Waals surface area (Å²) in [5.74, 6) is 1.17. The van der Waals surface area contributed by atoms with Crippen LogP contribution < -0.4 is 9.47 Å². The van der Waals surface area contributed by atoms with Crippen molar-refractivity contribution in [2.24, 2.45) is 0 Å². The Kier molecular flexibility index (Phi) is 6.84. The number of rotatable bonds is 8. The number of aliphatic hydroxyl groups excluding tert-OH is 1. The summed E-state index contributed by atoms with van der Waals surface area (Å²) in [6.07, 6.45) is -0.639. The monoisotopic (exact) mass is 428 g/mol. The van der Waals surface area contributed by atoms with Crippen molar-refractivity contribution >= 4 is 17.2 Å². The molecule has 1 amide bonds. The van der Waals surface area contributed by atoms with E-state index in [0.29, 0.717) is 30.3 Å². The molecule has 1 aromatic carbocycles. The van der Waals surface area contributed by atoms with Gasteiger partial charge in [-0.05, 0) is 55.5 Å². The summed E-state index contributed by atoms with van der Waals surface area (Å²) in [5, 5.41) is 12.1. The number of thiophene rings is 1. The standard InChI is InChI=1S/C23H28N2O4S/c1-14-21(16(3)26)15(2)24-22(14)23(27)25(13-18-7-6-10-30-18)12-17-8-9-19(28-4)20(11-17)29-5/h6-11,16,24,26H,12-13H2,1-5H3. The van der Waals surface area contributed by atoms with Gasteiger partial charge in [0, 0.05) is 22.7 Å². The zero-order valence-electron chi connectivity index (χ0n) is 18.0. The van der Waals surface area contributed by atoms with Gasteiger partial charge in [-0.25, -0.2) is 0 Å². The van der Waals surface area contributed by atoms with Crippen LogP contribution in [0.1, 0.15) is 50.8 Å². The van der Waals surface area contributed by atoms with Crippen molar-refractivity contribution in [3.8, 4) is 11.5 Å². The van der Waals surface area contributed by atoms with Crippen molar-refractivity contribution in [1.29, 1.82) is 0 Å². The van der Waals surface area contributed by atoms with Crippen molar-refractivity contribution in [1.82, 2.24) is 9.88 Å². The summed E-state index contributed by atoms with van der Waals surface area (Å²) in [6.45, 7) is 6.37. The van der Waals surface area contributed by atoms with Gasteiger partial charge in [-0.2, -0.15) is 0 Å². The number of methoxy groups -OCH3 is 2. The van der Waals surface area contributed by atoms with Crippen molar-refractivity contribution in [2.75, 3.05) is 14.2 Å². The molecule has 3 aromatic rings. The highest BCUT2D eigenvalue weighted by atomic mass is 32.1. The molecule has 0 saturated heterocycles. The Balaban J connectivity index is 1.95. The van der Waals surface area contributed by atoms with Crippen LogP contribution in [0.2, 0.25) is 0 Å². The van der Waals surface area contributed by atoms with Gasteiger partial charge in [0.05, 0.1) is 26.9 Å². The topological polar surface area (TPSA) is 74.8 Å². The van der Waals surface area contributed by atoms with Crippen LogP contribution >= 0.6 is 11.3 Å². The number of nitrogens with zero attached hydrogens (tertiary/aromatic N) is 1. The quantitative estimate of drug-likeness (QED) is 0.550. The Hall–Kier alpha value is -2.77. The molecular weight excluding hydrogens is 400 g/mol. The average molecular weight is 429 g/mol. The molecule has 30 heavy (non-hydrogen) atoms. The summed E-state index contributed by atoms with van der Waals surface area (Å²) in [6, 6.07) is 9.67. The number of hydrogen-bond donors (Lipinski definition) is 2. The molecule has 0 radical (unpaired) electrons. The molecule has 160 valence electrons. The Morgan fingerprint density at radius 1 is 1.17 bits per heavy atom. The Labute approximate surface area is 181 Å². The smallest absolute Gasteiger partial charge is 0.271 e. The molecule has 1 unspecified atom stereocenters. The van der Waals surface area contributed by atoms with Gasteiger partial charge in [-0.1, -0.05) is 12.1 Å². The first kappa shape index (κ1) is 21.9. The second-order valence-electron chi connectivity index (χ2n) is 7.27. The molecule has 0 aliphatic heterocycles. The molecule has 2 heterocycles. The van der Waals surface area contributed by atoms with Crippen molar-refractivity contribution in [2.45, 2.75) is 40.0 Å². The number of carbonyl (C=O) groups excluding carboxylic acids is 1. The highest BCUT2D eigenvalue weighted by Crippen LogP contribution is 2.30. The van der Waals surface area contributed by atoms with Gasteiger partial charge < -0.3 is 24.5 Å². The van der Waals surface area contributed by atoms with Crippen LogP contribution in [0.15, 0.2) is 35.7 Å². The van der Waals surface area contributed by atoms with E-state index >= 15 is 0 Å². The molecule has 0 fully saturated rings. The second kappa shape index (κ2) is 9.36. The normalized spacial score (nSPS) is 11.9. The van der Waals surface area contributed by atoms with E-state index in [-0.39, 0.29) is 5.91 Å². The molecule has 1 atom stereocenters. The second-order valence-corrected chi connectivity index (χ2v) is 8.30. The molecule has 2 N–H and O–H groups in total. The van der Waals surface area contributed by atoms with Gasteiger partial charge in [0.1, 0.15) is 5.69 Å². The summed E-state index contributed by atoms with van der Waals surface area (Å²) in [7, 11) is 3.19. The van der Waals surface area contributed by atoms with Gasteiger partial charge in [0.15, 0.2) is 11.5 Å². The highest BCUT2D eigenvalue weighted by molar-refractivity contribution is 7.09. The predicted molar refractivity (Wildman–Crippen MR) is 118 cm³/mol. The minimum absolute atomic E-state index is 0.106. The maximum Gasteiger partial charge on any atom is 0.271 e. The van der Waals surface area contributed by atoms with E-state index in [9.17, 15) is 9.90 Å². The number of benzene rings is 1. The van der Waals surface area contributed by atoms with E-state index < -0.39 is 6.10 Å². The number of amides is 1. The number of aromatic nitrogens is 1. The van der Waals surface area contributed by atoms with E-state index in [1.807, 2.05) is 49.6 Å². The lowest BCUT2D eigenvalue weighted by Gasteiger charge is -2.23. The van der Waals surface area contributed by atoms with Crippen LogP contribution in [0.5, 0.6) is 11.5 Å². The van der Waals surface area contributed by atoms with Gasteiger partial charge in [0.2, 0.25) is 0 Å². The maximum absolute atomic E-state index is 13.5. The summed E-state index contributed by atoms with van der Waals surface area (Å²) in [5.41, 5.74) is 3.83.